The highest BCUT2D eigenvalue weighted by molar-refractivity contribution is 5.94. The standard InChI is InChI=1S/C16H22N2O2/c1-11(16(20)17-12-5-3-2-4-6-12)18-13-7-8-14(18)10-15(19)9-13/h2-6,11,13-15,19H,7-10H2,1H3,(H,17,20). The average Bonchev–Trinajstić information content (AvgIpc) is 2.71. The zero-order chi connectivity index (χ0) is 14.1. The van der Waals surface area contributed by atoms with Crippen LogP contribution in [0.25, 0.3) is 0 Å². The van der Waals surface area contributed by atoms with Crippen molar-refractivity contribution in [3.05, 3.63) is 30.3 Å². The van der Waals surface area contributed by atoms with Gasteiger partial charge in [0.25, 0.3) is 0 Å². The van der Waals surface area contributed by atoms with E-state index in [9.17, 15) is 9.90 Å². The third-order valence-corrected chi connectivity index (χ3v) is 4.63. The zero-order valence-corrected chi connectivity index (χ0v) is 11.8. The first kappa shape index (κ1) is 13.6. The molecule has 1 aromatic carbocycles. The number of hydrogen-bond acceptors (Lipinski definition) is 3. The molecule has 3 unspecified atom stereocenters. The Balaban J connectivity index is 1.67. The molecule has 4 heteroatoms. The quantitative estimate of drug-likeness (QED) is 0.886. The summed E-state index contributed by atoms with van der Waals surface area (Å²) in [5.41, 5.74) is 0.841. The van der Waals surface area contributed by atoms with E-state index in [2.05, 4.69) is 10.2 Å². The summed E-state index contributed by atoms with van der Waals surface area (Å²) in [4.78, 5) is 14.7. The van der Waals surface area contributed by atoms with Crippen molar-refractivity contribution in [2.24, 2.45) is 0 Å². The second-order valence-corrected chi connectivity index (χ2v) is 5.99. The number of aliphatic hydroxyl groups is 1. The largest absolute Gasteiger partial charge is 0.393 e. The Morgan fingerprint density at radius 3 is 2.45 bits per heavy atom. The second kappa shape index (κ2) is 5.54. The van der Waals surface area contributed by atoms with Crippen LogP contribution in [0.1, 0.15) is 32.6 Å². The number of para-hydroxylation sites is 1. The second-order valence-electron chi connectivity index (χ2n) is 5.99. The number of anilines is 1. The maximum atomic E-state index is 12.4. The van der Waals surface area contributed by atoms with Crippen LogP contribution in [0.3, 0.4) is 0 Å². The molecule has 0 aromatic heterocycles. The molecule has 2 aliphatic heterocycles. The predicted octanol–water partition coefficient (Wildman–Crippen LogP) is 2.00. The van der Waals surface area contributed by atoms with Crippen LogP contribution in [0.4, 0.5) is 5.69 Å². The summed E-state index contributed by atoms with van der Waals surface area (Å²) in [7, 11) is 0. The first-order valence-electron chi connectivity index (χ1n) is 7.46. The van der Waals surface area contributed by atoms with Crippen LogP contribution in [-0.2, 0) is 4.79 Å². The summed E-state index contributed by atoms with van der Waals surface area (Å²) < 4.78 is 0. The van der Waals surface area contributed by atoms with Crippen LogP contribution in [0.15, 0.2) is 30.3 Å². The molecule has 3 rings (SSSR count). The van der Waals surface area contributed by atoms with E-state index in [4.69, 9.17) is 0 Å². The summed E-state index contributed by atoms with van der Waals surface area (Å²) in [5, 5.41) is 12.8. The smallest absolute Gasteiger partial charge is 0.241 e. The molecule has 2 fully saturated rings. The first-order valence-corrected chi connectivity index (χ1v) is 7.46. The van der Waals surface area contributed by atoms with Crippen LogP contribution in [0, 0.1) is 0 Å². The van der Waals surface area contributed by atoms with Gasteiger partial charge in [-0.05, 0) is 44.7 Å². The van der Waals surface area contributed by atoms with Crippen molar-refractivity contribution >= 4 is 11.6 Å². The van der Waals surface area contributed by atoms with E-state index >= 15 is 0 Å². The number of nitrogens with zero attached hydrogens (tertiary/aromatic N) is 1. The fraction of sp³-hybridized carbons (Fsp3) is 0.562. The lowest BCUT2D eigenvalue weighted by molar-refractivity contribution is -0.123. The highest BCUT2D eigenvalue weighted by Gasteiger charge is 2.43. The van der Waals surface area contributed by atoms with Crippen LogP contribution in [-0.4, -0.2) is 40.1 Å². The molecule has 2 aliphatic rings. The molecule has 0 radical (unpaired) electrons. The molecule has 0 aliphatic carbocycles. The fourth-order valence-electron chi connectivity index (χ4n) is 3.72. The van der Waals surface area contributed by atoms with Crippen molar-refractivity contribution < 1.29 is 9.90 Å². The Hall–Kier alpha value is -1.39. The van der Waals surface area contributed by atoms with Gasteiger partial charge in [-0.1, -0.05) is 18.2 Å². The highest BCUT2D eigenvalue weighted by atomic mass is 16.3. The summed E-state index contributed by atoms with van der Waals surface area (Å²) in [6, 6.07) is 10.2. The van der Waals surface area contributed by atoms with Gasteiger partial charge in [-0.25, -0.2) is 0 Å². The number of rotatable bonds is 3. The van der Waals surface area contributed by atoms with Gasteiger partial charge in [-0.15, -0.1) is 0 Å². The molecule has 2 heterocycles. The lowest BCUT2D eigenvalue weighted by Gasteiger charge is -2.40. The zero-order valence-electron chi connectivity index (χ0n) is 11.8. The Bertz CT molecular complexity index is 463. The molecule has 2 saturated heterocycles. The monoisotopic (exact) mass is 274 g/mol. The molecule has 2 N–H and O–H groups in total. The molecule has 2 bridgehead atoms. The molecular weight excluding hydrogens is 252 g/mol. The molecule has 108 valence electrons. The van der Waals surface area contributed by atoms with E-state index in [-0.39, 0.29) is 18.1 Å². The molecule has 1 aromatic rings. The minimum absolute atomic E-state index is 0.0458. The third-order valence-electron chi connectivity index (χ3n) is 4.63. The summed E-state index contributed by atoms with van der Waals surface area (Å²) >= 11 is 0. The number of benzene rings is 1. The van der Waals surface area contributed by atoms with Crippen molar-refractivity contribution in [3.8, 4) is 0 Å². The van der Waals surface area contributed by atoms with Crippen molar-refractivity contribution in [2.45, 2.75) is 56.8 Å². The summed E-state index contributed by atoms with van der Waals surface area (Å²) in [6.07, 6.45) is 3.63. The summed E-state index contributed by atoms with van der Waals surface area (Å²) in [6.45, 7) is 1.97. The van der Waals surface area contributed by atoms with E-state index in [1.54, 1.807) is 0 Å². The lowest BCUT2D eigenvalue weighted by atomic mass is 9.98. The molecule has 0 saturated carbocycles. The topological polar surface area (TPSA) is 52.6 Å². The van der Waals surface area contributed by atoms with E-state index in [0.717, 1.165) is 31.4 Å². The van der Waals surface area contributed by atoms with Crippen LogP contribution >= 0.6 is 0 Å². The molecule has 4 nitrogen and oxygen atoms in total. The predicted molar refractivity (Wildman–Crippen MR) is 78.4 cm³/mol. The SMILES string of the molecule is CC(C(=O)Nc1ccccc1)N1C2CCC1CC(O)C2. The average molecular weight is 274 g/mol. The third kappa shape index (κ3) is 2.58. The van der Waals surface area contributed by atoms with E-state index in [1.807, 2.05) is 37.3 Å². The first-order chi connectivity index (χ1) is 9.65. The molecule has 20 heavy (non-hydrogen) atoms. The lowest BCUT2D eigenvalue weighted by Crippen LogP contribution is -2.53. The molecule has 0 spiro atoms. The number of piperidine rings is 1. The van der Waals surface area contributed by atoms with Gasteiger partial charge in [0.05, 0.1) is 12.1 Å². The number of hydrogen-bond donors (Lipinski definition) is 2. The Labute approximate surface area is 119 Å². The van der Waals surface area contributed by atoms with Gasteiger partial charge in [0.1, 0.15) is 0 Å². The number of amides is 1. The van der Waals surface area contributed by atoms with Gasteiger partial charge in [-0.3, -0.25) is 9.69 Å². The minimum atomic E-state index is -0.187. The van der Waals surface area contributed by atoms with Crippen molar-refractivity contribution in [2.75, 3.05) is 5.32 Å². The van der Waals surface area contributed by atoms with Gasteiger partial charge in [0, 0.05) is 17.8 Å². The highest BCUT2D eigenvalue weighted by Crippen LogP contribution is 2.37. The van der Waals surface area contributed by atoms with Gasteiger partial charge >= 0.3 is 0 Å². The van der Waals surface area contributed by atoms with Crippen LogP contribution in [0.2, 0.25) is 0 Å². The number of carbonyl (C=O) groups excluding carboxylic acids is 1. The molecule has 1 amide bonds. The molecule has 3 atom stereocenters. The maximum absolute atomic E-state index is 12.4. The van der Waals surface area contributed by atoms with Crippen LogP contribution < -0.4 is 5.32 Å². The van der Waals surface area contributed by atoms with Crippen molar-refractivity contribution in [1.82, 2.24) is 4.90 Å². The normalized spacial score (nSPS) is 31.0. The maximum Gasteiger partial charge on any atom is 0.241 e. The number of carbonyl (C=O) groups is 1. The van der Waals surface area contributed by atoms with Crippen molar-refractivity contribution in [1.29, 1.82) is 0 Å². The minimum Gasteiger partial charge on any atom is -0.393 e. The Kier molecular flexibility index (Phi) is 3.76. The van der Waals surface area contributed by atoms with Gasteiger partial charge in [0.2, 0.25) is 5.91 Å². The Morgan fingerprint density at radius 2 is 1.85 bits per heavy atom. The van der Waals surface area contributed by atoms with Crippen LogP contribution in [0.5, 0.6) is 0 Å². The van der Waals surface area contributed by atoms with Gasteiger partial charge < -0.3 is 10.4 Å². The number of nitrogens with one attached hydrogen (secondary N) is 1. The van der Waals surface area contributed by atoms with Gasteiger partial charge in [-0.2, -0.15) is 0 Å². The molecular formula is C16H22N2O2. The Morgan fingerprint density at radius 1 is 1.25 bits per heavy atom. The summed E-state index contributed by atoms with van der Waals surface area (Å²) in [5.74, 6) is 0.0458. The van der Waals surface area contributed by atoms with E-state index in [1.165, 1.54) is 0 Å². The van der Waals surface area contributed by atoms with E-state index < -0.39 is 0 Å². The van der Waals surface area contributed by atoms with Crippen molar-refractivity contribution in [3.63, 3.8) is 0 Å². The number of aliphatic hydroxyl groups excluding tert-OH is 1. The van der Waals surface area contributed by atoms with E-state index in [0.29, 0.717) is 12.1 Å². The number of fused-ring (bicyclic) bond motifs is 2. The van der Waals surface area contributed by atoms with Gasteiger partial charge in [0.15, 0.2) is 0 Å². The fourth-order valence-corrected chi connectivity index (χ4v) is 3.72.